The summed E-state index contributed by atoms with van der Waals surface area (Å²) in [7, 11) is 0. The number of halogens is 1. The van der Waals surface area contributed by atoms with Gasteiger partial charge in [0.15, 0.2) is 0 Å². The van der Waals surface area contributed by atoms with Crippen molar-refractivity contribution in [2.75, 3.05) is 6.54 Å². The molecule has 2 aromatic heterocycles. The van der Waals surface area contributed by atoms with Gasteiger partial charge in [-0.25, -0.2) is 19.3 Å². The van der Waals surface area contributed by atoms with Crippen LogP contribution in [0.15, 0.2) is 53.6 Å². The Morgan fingerprint density at radius 2 is 1.93 bits per heavy atom. The number of oxazole rings is 1. The number of rotatable bonds is 4. The molecule has 1 amide bonds. The fraction of sp³-hybridized carbons (Fsp3) is 0.300. The van der Waals surface area contributed by atoms with Crippen LogP contribution < -0.4 is 0 Å². The Morgan fingerprint density at radius 3 is 2.70 bits per heavy atom. The number of benzene rings is 1. The summed E-state index contributed by atoms with van der Waals surface area (Å²) in [6.07, 6.45) is 9.42. The Labute approximate surface area is 156 Å². The van der Waals surface area contributed by atoms with Crippen molar-refractivity contribution in [3.63, 3.8) is 0 Å². The molecule has 0 aliphatic carbocycles. The highest BCUT2D eigenvalue weighted by molar-refractivity contribution is 5.93. The van der Waals surface area contributed by atoms with Crippen molar-refractivity contribution < 1.29 is 13.6 Å². The van der Waals surface area contributed by atoms with Crippen molar-refractivity contribution in [1.82, 2.24) is 19.9 Å². The van der Waals surface area contributed by atoms with Gasteiger partial charge in [-0.05, 0) is 37.0 Å². The highest BCUT2D eigenvalue weighted by Gasteiger charge is 2.32. The van der Waals surface area contributed by atoms with Gasteiger partial charge in [0.1, 0.15) is 23.9 Å². The van der Waals surface area contributed by atoms with E-state index in [1.165, 1.54) is 30.9 Å². The molecule has 27 heavy (non-hydrogen) atoms. The number of amides is 1. The van der Waals surface area contributed by atoms with Crippen molar-refractivity contribution in [2.24, 2.45) is 0 Å². The molecule has 0 bridgehead atoms. The quantitative estimate of drug-likeness (QED) is 0.706. The van der Waals surface area contributed by atoms with Crippen LogP contribution in [-0.4, -0.2) is 32.3 Å². The first-order valence-electron chi connectivity index (χ1n) is 8.96. The molecule has 138 valence electrons. The summed E-state index contributed by atoms with van der Waals surface area (Å²) < 4.78 is 19.0. The number of likely N-dealkylation sites (tertiary alicyclic amines) is 1. The van der Waals surface area contributed by atoms with Gasteiger partial charge in [0, 0.05) is 25.4 Å². The standard InChI is InChI=1S/C20H19FN4O2/c21-16-6-4-14(5-7-16)9-17-12-24-19(27-17)18-3-1-2-8-25(18)20(26)15-10-22-13-23-11-15/h4-7,10-13,18H,1-3,8-9H2/t18-/m1/s1. The summed E-state index contributed by atoms with van der Waals surface area (Å²) in [6, 6.07) is 6.10. The maximum absolute atomic E-state index is 13.0. The molecule has 1 saturated heterocycles. The highest BCUT2D eigenvalue weighted by Crippen LogP contribution is 2.32. The number of aromatic nitrogens is 3. The molecule has 0 N–H and O–H groups in total. The largest absolute Gasteiger partial charge is 0.443 e. The first-order valence-corrected chi connectivity index (χ1v) is 8.96. The molecule has 1 fully saturated rings. The van der Waals surface area contributed by atoms with E-state index in [9.17, 15) is 9.18 Å². The van der Waals surface area contributed by atoms with Crippen molar-refractivity contribution in [3.05, 3.63) is 77.8 Å². The maximum Gasteiger partial charge on any atom is 0.257 e. The van der Waals surface area contributed by atoms with Gasteiger partial charge in [-0.3, -0.25) is 4.79 Å². The molecule has 7 heteroatoms. The van der Waals surface area contributed by atoms with E-state index in [0.717, 1.165) is 24.8 Å². The minimum absolute atomic E-state index is 0.112. The van der Waals surface area contributed by atoms with Gasteiger partial charge in [-0.15, -0.1) is 0 Å². The summed E-state index contributed by atoms with van der Waals surface area (Å²) in [5.41, 5.74) is 1.40. The molecule has 3 heterocycles. The lowest BCUT2D eigenvalue weighted by Crippen LogP contribution is -2.38. The first kappa shape index (κ1) is 17.3. The van der Waals surface area contributed by atoms with Gasteiger partial charge in [0.05, 0.1) is 11.8 Å². The zero-order chi connectivity index (χ0) is 18.6. The van der Waals surface area contributed by atoms with E-state index in [4.69, 9.17) is 4.42 Å². The van der Waals surface area contributed by atoms with Gasteiger partial charge < -0.3 is 9.32 Å². The topological polar surface area (TPSA) is 72.1 Å². The van der Waals surface area contributed by atoms with Crippen LogP contribution in [0.25, 0.3) is 0 Å². The molecule has 1 atom stereocenters. The van der Waals surface area contributed by atoms with Crippen LogP contribution in [0.5, 0.6) is 0 Å². The predicted molar refractivity (Wildman–Crippen MR) is 95.4 cm³/mol. The number of hydrogen-bond donors (Lipinski definition) is 0. The van der Waals surface area contributed by atoms with Crippen LogP contribution in [-0.2, 0) is 6.42 Å². The van der Waals surface area contributed by atoms with Crippen molar-refractivity contribution in [3.8, 4) is 0 Å². The second-order valence-electron chi connectivity index (χ2n) is 6.61. The first-order chi connectivity index (χ1) is 13.2. The average molecular weight is 366 g/mol. The van der Waals surface area contributed by atoms with Crippen LogP contribution in [0.3, 0.4) is 0 Å². The third kappa shape index (κ3) is 3.86. The molecule has 1 aliphatic heterocycles. The molecule has 1 aromatic carbocycles. The lowest BCUT2D eigenvalue weighted by Gasteiger charge is -2.33. The van der Waals surface area contributed by atoms with Crippen molar-refractivity contribution in [2.45, 2.75) is 31.7 Å². The molecular weight excluding hydrogens is 347 g/mol. The van der Waals surface area contributed by atoms with E-state index in [0.29, 0.717) is 30.2 Å². The number of carbonyl (C=O) groups is 1. The molecule has 6 nitrogen and oxygen atoms in total. The van der Waals surface area contributed by atoms with E-state index in [2.05, 4.69) is 15.0 Å². The van der Waals surface area contributed by atoms with E-state index in [1.54, 1.807) is 23.2 Å². The molecular formula is C20H19FN4O2. The predicted octanol–water partition coefficient (Wildman–Crippen LogP) is 3.56. The highest BCUT2D eigenvalue weighted by atomic mass is 19.1. The summed E-state index contributed by atoms with van der Waals surface area (Å²) in [5, 5.41) is 0. The fourth-order valence-corrected chi connectivity index (χ4v) is 3.37. The normalized spacial score (nSPS) is 17.1. The molecule has 0 spiro atoms. The smallest absolute Gasteiger partial charge is 0.257 e. The Bertz CT molecular complexity index is 911. The Morgan fingerprint density at radius 1 is 1.15 bits per heavy atom. The number of carbonyl (C=O) groups excluding carboxylic acids is 1. The zero-order valence-corrected chi connectivity index (χ0v) is 14.7. The van der Waals surface area contributed by atoms with Crippen LogP contribution in [0.1, 0.15) is 52.9 Å². The zero-order valence-electron chi connectivity index (χ0n) is 14.7. The van der Waals surface area contributed by atoms with Crippen LogP contribution in [0.2, 0.25) is 0 Å². The van der Waals surface area contributed by atoms with E-state index < -0.39 is 0 Å². The van der Waals surface area contributed by atoms with Crippen molar-refractivity contribution in [1.29, 1.82) is 0 Å². The molecule has 0 radical (unpaired) electrons. The maximum atomic E-state index is 13.0. The van der Waals surface area contributed by atoms with Gasteiger partial charge >= 0.3 is 0 Å². The van der Waals surface area contributed by atoms with E-state index in [1.807, 2.05) is 0 Å². The second kappa shape index (κ2) is 7.65. The van der Waals surface area contributed by atoms with Crippen LogP contribution in [0, 0.1) is 5.82 Å². The molecule has 4 rings (SSSR count). The van der Waals surface area contributed by atoms with Crippen LogP contribution >= 0.6 is 0 Å². The van der Waals surface area contributed by atoms with Gasteiger partial charge in [-0.2, -0.15) is 0 Å². The third-order valence-electron chi connectivity index (χ3n) is 4.72. The van der Waals surface area contributed by atoms with Gasteiger partial charge in [-0.1, -0.05) is 12.1 Å². The molecule has 0 unspecified atom stereocenters. The Hall–Kier alpha value is -3.09. The minimum Gasteiger partial charge on any atom is -0.443 e. The summed E-state index contributed by atoms with van der Waals surface area (Å²) in [4.78, 5) is 26.9. The Kier molecular flexibility index (Phi) is 4.91. The molecule has 1 aliphatic rings. The molecule has 3 aromatic rings. The van der Waals surface area contributed by atoms with Gasteiger partial charge in [0.2, 0.25) is 5.89 Å². The second-order valence-corrected chi connectivity index (χ2v) is 6.61. The lowest BCUT2D eigenvalue weighted by atomic mass is 10.0. The lowest BCUT2D eigenvalue weighted by molar-refractivity contribution is 0.0569. The van der Waals surface area contributed by atoms with Gasteiger partial charge in [0.25, 0.3) is 5.91 Å². The fourth-order valence-electron chi connectivity index (χ4n) is 3.37. The number of hydrogen-bond acceptors (Lipinski definition) is 5. The SMILES string of the molecule is O=C(c1cncnc1)N1CCCC[C@@H]1c1ncc(Cc2ccc(F)cc2)o1. The number of piperidine rings is 1. The summed E-state index contributed by atoms with van der Waals surface area (Å²) in [6.45, 7) is 0.647. The third-order valence-corrected chi connectivity index (χ3v) is 4.72. The minimum atomic E-state index is -0.265. The summed E-state index contributed by atoms with van der Waals surface area (Å²) >= 11 is 0. The summed E-state index contributed by atoms with van der Waals surface area (Å²) in [5.74, 6) is 0.853. The van der Waals surface area contributed by atoms with E-state index in [-0.39, 0.29) is 17.8 Å². The Balaban J connectivity index is 1.53. The van der Waals surface area contributed by atoms with Crippen LogP contribution in [0.4, 0.5) is 4.39 Å². The number of nitrogens with zero attached hydrogens (tertiary/aromatic N) is 4. The van der Waals surface area contributed by atoms with E-state index >= 15 is 0 Å². The monoisotopic (exact) mass is 366 g/mol. The average Bonchev–Trinajstić information content (AvgIpc) is 3.18. The van der Waals surface area contributed by atoms with Crippen molar-refractivity contribution >= 4 is 5.91 Å². The molecule has 0 saturated carbocycles.